The van der Waals surface area contributed by atoms with Crippen LogP contribution in [0.15, 0.2) is 58.3 Å². The van der Waals surface area contributed by atoms with E-state index in [4.69, 9.17) is 0 Å². The van der Waals surface area contributed by atoms with Gasteiger partial charge in [-0.1, -0.05) is 0 Å². The molecule has 0 radical (unpaired) electrons. The number of hydrogen-bond donors (Lipinski definition) is 2. The molecule has 10 heteroatoms. The first-order valence-electron chi connectivity index (χ1n) is 9.42. The fourth-order valence-corrected chi connectivity index (χ4v) is 13.6. The maximum absolute atomic E-state index is 12.4. The number of nitrogens with one attached hydrogen (secondary N) is 2. The van der Waals surface area contributed by atoms with Crippen LogP contribution in [0.3, 0.4) is 0 Å². The SMILES string of the molecule is Cc1ccc(S(=O)(=O)N[C@@H](C)C[Se][Se]C[C@H](C)NS(=O)(=O)c2ccc(C)cc2)cc1. The van der Waals surface area contributed by atoms with E-state index in [1.807, 2.05) is 27.7 Å². The summed E-state index contributed by atoms with van der Waals surface area (Å²) in [6.07, 6.45) is 0. The Bertz CT molecular complexity index is 940. The summed E-state index contributed by atoms with van der Waals surface area (Å²) in [5, 5.41) is 1.55. The topological polar surface area (TPSA) is 92.3 Å². The van der Waals surface area contributed by atoms with Crippen LogP contribution in [0.4, 0.5) is 0 Å². The van der Waals surface area contributed by atoms with E-state index >= 15 is 0 Å². The summed E-state index contributed by atoms with van der Waals surface area (Å²) < 4.78 is 55.2. The van der Waals surface area contributed by atoms with Gasteiger partial charge in [-0.2, -0.15) is 0 Å². The molecule has 0 aliphatic carbocycles. The van der Waals surface area contributed by atoms with Crippen LogP contribution in [0.25, 0.3) is 0 Å². The fraction of sp³-hybridized carbons (Fsp3) is 0.400. The predicted molar refractivity (Wildman–Crippen MR) is 123 cm³/mol. The predicted octanol–water partition coefficient (Wildman–Crippen LogP) is 2.50. The first kappa shape index (κ1) is 25.6. The molecular weight excluding hydrogens is 554 g/mol. The fourth-order valence-electron chi connectivity index (χ4n) is 2.47. The van der Waals surface area contributed by atoms with Gasteiger partial charge in [0.15, 0.2) is 0 Å². The van der Waals surface area contributed by atoms with Crippen LogP contribution >= 0.6 is 0 Å². The Kier molecular flexibility index (Phi) is 9.58. The molecule has 0 spiro atoms. The van der Waals surface area contributed by atoms with E-state index in [0.29, 0.717) is 0 Å². The molecular formula is C20H28N2O4S2Se2. The molecule has 0 amide bonds. The molecule has 0 aromatic heterocycles. The Morgan fingerprint density at radius 3 is 1.27 bits per heavy atom. The van der Waals surface area contributed by atoms with Gasteiger partial charge in [-0.25, -0.2) is 0 Å². The Morgan fingerprint density at radius 2 is 0.967 bits per heavy atom. The molecule has 0 saturated carbocycles. The summed E-state index contributed by atoms with van der Waals surface area (Å²) in [4.78, 5) is 0.550. The second kappa shape index (κ2) is 11.2. The third-order valence-corrected chi connectivity index (χ3v) is 15.1. The van der Waals surface area contributed by atoms with E-state index in [-0.39, 0.29) is 48.1 Å². The first-order chi connectivity index (χ1) is 14.0. The van der Waals surface area contributed by atoms with Crippen molar-refractivity contribution in [2.75, 3.05) is 0 Å². The van der Waals surface area contributed by atoms with Gasteiger partial charge in [0.25, 0.3) is 0 Å². The quantitative estimate of drug-likeness (QED) is 0.315. The van der Waals surface area contributed by atoms with Crippen molar-refractivity contribution in [3.63, 3.8) is 0 Å². The first-order valence-corrected chi connectivity index (χ1v) is 19.1. The van der Waals surface area contributed by atoms with Gasteiger partial charge in [-0.05, 0) is 0 Å². The summed E-state index contributed by atoms with van der Waals surface area (Å²) in [7, 11) is -7.02. The second-order valence-electron chi connectivity index (χ2n) is 7.24. The van der Waals surface area contributed by atoms with Crippen LogP contribution in [0.5, 0.6) is 0 Å². The average Bonchev–Trinajstić information content (AvgIpc) is 2.65. The standard InChI is InChI=1S/C20H28N2O4S2Se2/c1-15-5-9-19(10-6-15)27(23,24)21-17(3)13-29-30-14-18(4)22-28(25,26)20-11-7-16(2)8-12-20/h5-12,17-18,21-22H,13-14H2,1-4H3/t17-,18-/m0/s1. The zero-order valence-electron chi connectivity index (χ0n) is 17.5. The summed E-state index contributed by atoms with van der Waals surface area (Å²) in [5.74, 6) is 0. The van der Waals surface area contributed by atoms with Crippen molar-refractivity contribution in [3.8, 4) is 0 Å². The molecule has 0 aliphatic rings. The molecule has 0 unspecified atom stereocenters. The van der Waals surface area contributed by atoms with E-state index < -0.39 is 20.0 Å². The number of rotatable bonds is 11. The monoisotopic (exact) mass is 584 g/mol. The number of sulfonamides is 2. The second-order valence-corrected chi connectivity index (χ2v) is 18.2. The van der Waals surface area contributed by atoms with Crippen LogP contribution in [0.2, 0.25) is 10.6 Å². The summed E-state index contributed by atoms with van der Waals surface area (Å²) in [6.45, 7) is 7.57. The van der Waals surface area contributed by atoms with Gasteiger partial charge in [0.1, 0.15) is 0 Å². The van der Waals surface area contributed by atoms with E-state index in [1.54, 1.807) is 48.5 Å². The van der Waals surface area contributed by atoms with Crippen molar-refractivity contribution in [2.45, 2.75) is 60.2 Å². The molecule has 2 atom stereocenters. The van der Waals surface area contributed by atoms with Crippen LogP contribution in [0, 0.1) is 13.8 Å². The Hall–Kier alpha value is -0.701. The summed E-state index contributed by atoms with van der Waals surface area (Å²) >= 11 is 0.539. The van der Waals surface area contributed by atoms with Crippen molar-refractivity contribution in [2.24, 2.45) is 0 Å². The molecule has 0 saturated heterocycles. The van der Waals surface area contributed by atoms with Crippen molar-refractivity contribution >= 4 is 46.3 Å². The van der Waals surface area contributed by atoms with Gasteiger partial charge in [0, 0.05) is 0 Å². The Balaban J connectivity index is 1.76. The molecule has 2 aromatic rings. The summed E-state index contributed by atoms with van der Waals surface area (Å²) in [6, 6.07) is 13.3. The minimum atomic E-state index is -3.51. The van der Waals surface area contributed by atoms with Gasteiger partial charge in [-0.3, -0.25) is 0 Å². The zero-order valence-corrected chi connectivity index (χ0v) is 22.5. The molecule has 6 nitrogen and oxygen atoms in total. The van der Waals surface area contributed by atoms with E-state index in [1.165, 1.54) is 0 Å². The molecule has 30 heavy (non-hydrogen) atoms. The summed E-state index contributed by atoms with van der Waals surface area (Å²) in [5.41, 5.74) is 2.03. The minimum absolute atomic E-state index is 0.155. The van der Waals surface area contributed by atoms with Crippen LogP contribution in [-0.4, -0.2) is 55.2 Å². The van der Waals surface area contributed by atoms with Crippen LogP contribution < -0.4 is 9.44 Å². The van der Waals surface area contributed by atoms with Gasteiger partial charge < -0.3 is 0 Å². The van der Waals surface area contributed by atoms with Crippen LogP contribution in [-0.2, 0) is 20.0 Å². The van der Waals surface area contributed by atoms with E-state index in [0.717, 1.165) is 21.8 Å². The van der Waals surface area contributed by atoms with Crippen LogP contribution in [0.1, 0.15) is 25.0 Å². The number of aryl methyl sites for hydroxylation is 2. The molecule has 0 heterocycles. The normalized spacial score (nSPS) is 14.4. The molecule has 0 bridgehead atoms. The molecule has 0 aliphatic heterocycles. The molecule has 2 rings (SSSR count). The van der Waals surface area contributed by atoms with Crippen molar-refractivity contribution in [3.05, 3.63) is 59.7 Å². The molecule has 166 valence electrons. The van der Waals surface area contributed by atoms with E-state index in [2.05, 4.69) is 9.44 Å². The van der Waals surface area contributed by atoms with Gasteiger partial charge in [-0.15, -0.1) is 0 Å². The van der Waals surface area contributed by atoms with Gasteiger partial charge >= 0.3 is 192 Å². The zero-order chi connectivity index (χ0) is 22.4. The Labute approximate surface area is 191 Å². The maximum atomic E-state index is 12.4. The average molecular weight is 583 g/mol. The van der Waals surface area contributed by atoms with E-state index in [9.17, 15) is 16.8 Å². The number of hydrogen-bond acceptors (Lipinski definition) is 4. The molecule has 2 N–H and O–H groups in total. The third-order valence-electron chi connectivity index (χ3n) is 4.09. The number of benzene rings is 2. The molecule has 0 fully saturated rings. The van der Waals surface area contributed by atoms with Crippen molar-refractivity contribution < 1.29 is 16.8 Å². The third kappa shape index (κ3) is 8.09. The Morgan fingerprint density at radius 1 is 0.667 bits per heavy atom. The van der Waals surface area contributed by atoms with Crippen molar-refractivity contribution in [1.29, 1.82) is 0 Å². The van der Waals surface area contributed by atoms with Gasteiger partial charge in [0.05, 0.1) is 0 Å². The van der Waals surface area contributed by atoms with Crippen molar-refractivity contribution in [1.82, 2.24) is 9.44 Å². The molecule has 2 aromatic carbocycles. The van der Waals surface area contributed by atoms with Gasteiger partial charge in [0.2, 0.25) is 0 Å².